The molecule has 1 aromatic heterocycles. The molecule has 1 aliphatic heterocycles. The molecule has 0 spiro atoms. The predicted octanol–water partition coefficient (Wildman–Crippen LogP) is 1.29. The Hall–Kier alpha value is -0.940. The lowest BCUT2D eigenvalue weighted by molar-refractivity contribution is 0.174. The maximum atomic E-state index is 5.14. The molecule has 0 aliphatic carbocycles. The quantitative estimate of drug-likeness (QED) is 0.818. The van der Waals surface area contributed by atoms with Crippen molar-refractivity contribution in [2.75, 3.05) is 13.7 Å². The van der Waals surface area contributed by atoms with E-state index in [2.05, 4.69) is 15.5 Å². The summed E-state index contributed by atoms with van der Waals surface area (Å²) in [6, 6.07) is 0.617. The lowest BCUT2D eigenvalue weighted by Gasteiger charge is -2.22. The molecule has 5 nitrogen and oxygen atoms in total. The first-order chi connectivity index (χ1) is 7.88. The molecule has 0 radical (unpaired) electrons. The summed E-state index contributed by atoms with van der Waals surface area (Å²) in [7, 11) is 1.63. The molecule has 1 fully saturated rings. The molecule has 0 bridgehead atoms. The molecule has 1 N–H and O–H groups in total. The molecule has 90 valence electrons. The van der Waals surface area contributed by atoms with Crippen LogP contribution in [0.5, 0.6) is 0 Å². The van der Waals surface area contributed by atoms with E-state index in [9.17, 15) is 0 Å². The van der Waals surface area contributed by atoms with Crippen molar-refractivity contribution in [3.8, 4) is 0 Å². The molecule has 1 aromatic rings. The maximum absolute atomic E-state index is 5.14. The fourth-order valence-corrected chi connectivity index (χ4v) is 2.05. The molecule has 1 aliphatic rings. The normalized spacial score (nSPS) is 21.2. The van der Waals surface area contributed by atoms with Crippen molar-refractivity contribution >= 4 is 0 Å². The molecule has 1 unspecified atom stereocenters. The van der Waals surface area contributed by atoms with Crippen molar-refractivity contribution < 1.29 is 9.26 Å². The largest absolute Gasteiger partial charge is 0.377 e. The smallest absolute Gasteiger partial charge is 0.226 e. The van der Waals surface area contributed by atoms with Crippen molar-refractivity contribution in [3.05, 3.63) is 11.7 Å². The van der Waals surface area contributed by atoms with Gasteiger partial charge in [-0.15, -0.1) is 0 Å². The van der Waals surface area contributed by atoms with Crippen LogP contribution in [0, 0.1) is 0 Å². The summed E-state index contributed by atoms with van der Waals surface area (Å²) < 4.78 is 10.1. The van der Waals surface area contributed by atoms with Gasteiger partial charge in [0, 0.05) is 19.6 Å². The molecule has 2 rings (SSSR count). The van der Waals surface area contributed by atoms with E-state index >= 15 is 0 Å². The van der Waals surface area contributed by atoms with Crippen LogP contribution >= 0.6 is 0 Å². The van der Waals surface area contributed by atoms with Gasteiger partial charge in [0.1, 0.15) is 6.61 Å². The van der Waals surface area contributed by atoms with E-state index in [4.69, 9.17) is 9.26 Å². The molecule has 2 heterocycles. The topological polar surface area (TPSA) is 60.2 Å². The van der Waals surface area contributed by atoms with E-state index in [1.807, 2.05) is 0 Å². The fraction of sp³-hybridized carbons (Fsp3) is 0.818. The Kier molecular flexibility index (Phi) is 4.30. The standard InChI is InChI=1S/C11H19N3O2/c1-15-8-10-13-11(16-14-10)6-5-9-4-2-3-7-12-9/h9,12H,2-8H2,1H3. The van der Waals surface area contributed by atoms with Crippen LogP contribution in [0.3, 0.4) is 0 Å². The minimum absolute atomic E-state index is 0.422. The van der Waals surface area contributed by atoms with E-state index in [0.717, 1.165) is 25.3 Å². The Bertz CT molecular complexity index is 308. The van der Waals surface area contributed by atoms with Gasteiger partial charge in [-0.25, -0.2) is 0 Å². The first kappa shape index (κ1) is 11.5. The van der Waals surface area contributed by atoms with Gasteiger partial charge in [0.05, 0.1) is 0 Å². The second kappa shape index (κ2) is 5.96. The van der Waals surface area contributed by atoms with E-state index in [1.54, 1.807) is 7.11 Å². The van der Waals surface area contributed by atoms with Crippen LogP contribution in [0.2, 0.25) is 0 Å². The molecular weight excluding hydrogens is 206 g/mol. The number of aromatic nitrogens is 2. The first-order valence-electron chi connectivity index (χ1n) is 5.92. The van der Waals surface area contributed by atoms with Crippen LogP contribution in [-0.4, -0.2) is 29.8 Å². The van der Waals surface area contributed by atoms with Gasteiger partial charge in [0.2, 0.25) is 5.89 Å². The lowest BCUT2D eigenvalue weighted by atomic mass is 10.0. The highest BCUT2D eigenvalue weighted by Crippen LogP contribution is 2.12. The van der Waals surface area contributed by atoms with E-state index < -0.39 is 0 Å². The number of rotatable bonds is 5. The van der Waals surface area contributed by atoms with Gasteiger partial charge in [-0.05, 0) is 25.8 Å². The van der Waals surface area contributed by atoms with Crippen LogP contribution in [-0.2, 0) is 17.8 Å². The van der Waals surface area contributed by atoms with Crippen LogP contribution in [0.4, 0.5) is 0 Å². The number of aryl methyl sites for hydroxylation is 1. The SMILES string of the molecule is COCc1noc(CCC2CCCCN2)n1. The average molecular weight is 225 g/mol. The van der Waals surface area contributed by atoms with Gasteiger partial charge in [-0.1, -0.05) is 11.6 Å². The lowest BCUT2D eigenvalue weighted by Crippen LogP contribution is -2.34. The van der Waals surface area contributed by atoms with E-state index in [-0.39, 0.29) is 0 Å². The van der Waals surface area contributed by atoms with Crippen LogP contribution < -0.4 is 5.32 Å². The number of ether oxygens (including phenoxy) is 1. The number of hydrogen-bond acceptors (Lipinski definition) is 5. The summed E-state index contributed by atoms with van der Waals surface area (Å²) in [5, 5.41) is 7.34. The highest BCUT2D eigenvalue weighted by atomic mass is 16.5. The Morgan fingerprint density at radius 1 is 1.50 bits per heavy atom. The minimum Gasteiger partial charge on any atom is -0.377 e. The number of hydrogen-bond donors (Lipinski definition) is 1. The summed E-state index contributed by atoms with van der Waals surface area (Å²) in [5.74, 6) is 1.36. The molecular formula is C11H19N3O2. The summed E-state index contributed by atoms with van der Waals surface area (Å²) >= 11 is 0. The number of nitrogens with one attached hydrogen (secondary N) is 1. The van der Waals surface area contributed by atoms with E-state index in [0.29, 0.717) is 18.5 Å². The Morgan fingerprint density at radius 2 is 2.44 bits per heavy atom. The highest BCUT2D eigenvalue weighted by molar-refractivity contribution is 4.86. The van der Waals surface area contributed by atoms with Crippen molar-refractivity contribution in [1.82, 2.24) is 15.5 Å². The average Bonchev–Trinajstić information content (AvgIpc) is 2.76. The zero-order valence-electron chi connectivity index (χ0n) is 9.74. The summed E-state index contributed by atoms with van der Waals surface area (Å²) in [6.07, 6.45) is 5.83. The third-order valence-corrected chi connectivity index (χ3v) is 2.90. The van der Waals surface area contributed by atoms with Crippen LogP contribution in [0.15, 0.2) is 4.52 Å². The van der Waals surface area contributed by atoms with E-state index in [1.165, 1.54) is 19.3 Å². The molecule has 1 saturated heterocycles. The number of nitrogens with zero attached hydrogens (tertiary/aromatic N) is 2. The van der Waals surface area contributed by atoms with Crippen LogP contribution in [0.25, 0.3) is 0 Å². The summed E-state index contributed by atoms with van der Waals surface area (Å²) in [4.78, 5) is 4.25. The molecule has 0 aromatic carbocycles. The maximum Gasteiger partial charge on any atom is 0.226 e. The Morgan fingerprint density at radius 3 is 3.19 bits per heavy atom. The molecule has 0 amide bonds. The highest BCUT2D eigenvalue weighted by Gasteiger charge is 2.14. The third kappa shape index (κ3) is 3.28. The molecule has 16 heavy (non-hydrogen) atoms. The third-order valence-electron chi connectivity index (χ3n) is 2.90. The van der Waals surface area contributed by atoms with Crippen molar-refractivity contribution in [3.63, 3.8) is 0 Å². The Balaban J connectivity index is 1.75. The summed E-state index contributed by atoms with van der Waals surface area (Å²) in [6.45, 7) is 1.56. The predicted molar refractivity (Wildman–Crippen MR) is 59.0 cm³/mol. The Labute approximate surface area is 95.6 Å². The van der Waals surface area contributed by atoms with Gasteiger partial charge in [0.25, 0.3) is 0 Å². The van der Waals surface area contributed by atoms with Crippen molar-refractivity contribution in [2.45, 2.75) is 44.8 Å². The minimum atomic E-state index is 0.422. The molecule has 5 heteroatoms. The molecule has 0 saturated carbocycles. The molecule has 1 atom stereocenters. The number of methoxy groups -OCH3 is 1. The van der Waals surface area contributed by atoms with Gasteiger partial charge in [-0.3, -0.25) is 0 Å². The van der Waals surface area contributed by atoms with Crippen molar-refractivity contribution in [1.29, 1.82) is 0 Å². The van der Waals surface area contributed by atoms with Crippen LogP contribution in [0.1, 0.15) is 37.4 Å². The summed E-state index contributed by atoms with van der Waals surface area (Å²) in [5.41, 5.74) is 0. The van der Waals surface area contributed by atoms with Crippen molar-refractivity contribution in [2.24, 2.45) is 0 Å². The second-order valence-electron chi connectivity index (χ2n) is 4.22. The monoisotopic (exact) mass is 225 g/mol. The van der Waals surface area contributed by atoms with Gasteiger partial charge >= 0.3 is 0 Å². The zero-order valence-corrected chi connectivity index (χ0v) is 9.74. The fourth-order valence-electron chi connectivity index (χ4n) is 2.05. The van der Waals surface area contributed by atoms with Gasteiger partial charge < -0.3 is 14.6 Å². The van der Waals surface area contributed by atoms with Gasteiger partial charge in [-0.2, -0.15) is 4.98 Å². The second-order valence-corrected chi connectivity index (χ2v) is 4.22. The number of piperidine rings is 1. The first-order valence-corrected chi connectivity index (χ1v) is 5.92. The van der Waals surface area contributed by atoms with Gasteiger partial charge in [0.15, 0.2) is 5.82 Å². The zero-order chi connectivity index (χ0) is 11.2.